The van der Waals surface area contributed by atoms with Crippen molar-refractivity contribution in [1.29, 1.82) is 0 Å². The lowest BCUT2D eigenvalue weighted by atomic mass is 10.4. The number of hydrogen-bond donors (Lipinski definition) is 2. The summed E-state index contributed by atoms with van der Waals surface area (Å²) in [6.07, 6.45) is 2.90. The number of nitrogens with zero attached hydrogens (tertiary/aromatic N) is 1. The first-order valence-electron chi connectivity index (χ1n) is 3.62. The monoisotopic (exact) mass is 178 g/mol. The lowest BCUT2D eigenvalue weighted by Crippen LogP contribution is -2.10. The Bertz CT molecular complexity index is 523. The molecule has 13 heavy (non-hydrogen) atoms. The summed E-state index contributed by atoms with van der Waals surface area (Å²) in [7, 11) is 0. The van der Waals surface area contributed by atoms with Crippen LogP contribution < -0.4 is 5.56 Å². The van der Waals surface area contributed by atoms with Crippen molar-refractivity contribution >= 4 is 11.5 Å². The summed E-state index contributed by atoms with van der Waals surface area (Å²) in [4.78, 5) is 24.3. The highest BCUT2D eigenvalue weighted by molar-refractivity contribution is 5.87. The van der Waals surface area contributed by atoms with Gasteiger partial charge in [-0.3, -0.25) is 4.79 Å². The van der Waals surface area contributed by atoms with Crippen LogP contribution in [0.4, 0.5) is 0 Å². The van der Waals surface area contributed by atoms with Gasteiger partial charge in [-0.1, -0.05) is 0 Å². The van der Waals surface area contributed by atoms with Gasteiger partial charge in [-0.05, 0) is 12.1 Å². The third-order valence-electron chi connectivity index (χ3n) is 1.81. The van der Waals surface area contributed by atoms with E-state index >= 15 is 0 Å². The number of carboxylic acids is 1. The first kappa shape index (κ1) is 7.60. The van der Waals surface area contributed by atoms with E-state index in [1.54, 1.807) is 0 Å². The van der Waals surface area contributed by atoms with Crippen molar-refractivity contribution < 1.29 is 9.90 Å². The normalized spacial score (nSPS) is 10.5. The standard InChI is InChI=1S/C8H6N2O3/c11-7-5-1-2-6(8(12)13)10(5)4-3-9-7/h1-4H,(H,9,11)(H,12,13). The summed E-state index contributed by atoms with van der Waals surface area (Å²) in [5.74, 6) is -1.05. The predicted molar refractivity (Wildman–Crippen MR) is 45.0 cm³/mol. The molecule has 0 saturated carbocycles. The smallest absolute Gasteiger partial charge is 0.352 e. The number of aromatic amines is 1. The number of fused-ring (bicyclic) bond motifs is 1. The zero-order chi connectivity index (χ0) is 9.42. The largest absolute Gasteiger partial charge is 0.477 e. The maximum Gasteiger partial charge on any atom is 0.352 e. The zero-order valence-corrected chi connectivity index (χ0v) is 6.52. The molecule has 2 aromatic rings. The van der Waals surface area contributed by atoms with Gasteiger partial charge in [-0.25, -0.2) is 4.79 Å². The van der Waals surface area contributed by atoms with E-state index in [0.717, 1.165) is 0 Å². The highest BCUT2D eigenvalue weighted by Crippen LogP contribution is 2.04. The van der Waals surface area contributed by atoms with E-state index in [9.17, 15) is 9.59 Å². The molecule has 0 bridgehead atoms. The van der Waals surface area contributed by atoms with Crippen LogP contribution in [0.15, 0.2) is 29.3 Å². The van der Waals surface area contributed by atoms with Gasteiger partial charge in [-0.2, -0.15) is 0 Å². The first-order valence-corrected chi connectivity index (χ1v) is 3.62. The number of nitrogens with one attached hydrogen (secondary N) is 1. The van der Waals surface area contributed by atoms with Crippen LogP contribution in [-0.4, -0.2) is 20.5 Å². The molecule has 0 amide bonds. The Morgan fingerprint density at radius 1 is 1.46 bits per heavy atom. The highest BCUT2D eigenvalue weighted by Gasteiger charge is 2.09. The molecule has 0 saturated heterocycles. The van der Waals surface area contributed by atoms with Crippen molar-refractivity contribution in [2.24, 2.45) is 0 Å². The molecule has 0 aliphatic carbocycles. The van der Waals surface area contributed by atoms with Crippen LogP contribution in [0.25, 0.3) is 5.52 Å². The number of aromatic nitrogens is 2. The number of H-pyrrole nitrogens is 1. The lowest BCUT2D eigenvalue weighted by Gasteiger charge is -1.95. The topological polar surface area (TPSA) is 74.6 Å². The summed E-state index contributed by atoms with van der Waals surface area (Å²) in [5, 5.41) is 8.73. The summed E-state index contributed by atoms with van der Waals surface area (Å²) >= 11 is 0. The number of carbonyl (C=O) groups is 1. The molecule has 0 aromatic carbocycles. The fourth-order valence-electron chi connectivity index (χ4n) is 1.23. The van der Waals surface area contributed by atoms with Crippen LogP contribution in [-0.2, 0) is 0 Å². The molecule has 0 aliphatic heterocycles. The third-order valence-corrected chi connectivity index (χ3v) is 1.81. The van der Waals surface area contributed by atoms with Gasteiger partial charge in [0.2, 0.25) is 0 Å². The summed E-state index contributed by atoms with van der Waals surface area (Å²) in [5.41, 5.74) is 0.121. The van der Waals surface area contributed by atoms with Crippen LogP contribution in [0, 0.1) is 0 Å². The van der Waals surface area contributed by atoms with Crippen molar-refractivity contribution in [2.45, 2.75) is 0 Å². The molecule has 0 unspecified atom stereocenters. The minimum absolute atomic E-state index is 0.0844. The number of aromatic carboxylic acids is 1. The van der Waals surface area contributed by atoms with Gasteiger partial charge in [0.05, 0.1) is 0 Å². The Balaban J connectivity index is 2.91. The molecule has 2 rings (SSSR count). The quantitative estimate of drug-likeness (QED) is 0.660. The van der Waals surface area contributed by atoms with E-state index in [0.29, 0.717) is 5.52 Å². The van der Waals surface area contributed by atoms with Gasteiger partial charge in [0.25, 0.3) is 5.56 Å². The second-order valence-electron chi connectivity index (χ2n) is 2.57. The Morgan fingerprint density at radius 2 is 2.23 bits per heavy atom. The van der Waals surface area contributed by atoms with Crippen molar-refractivity contribution in [3.05, 3.63) is 40.6 Å². The van der Waals surface area contributed by atoms with Gasteiger partial charge in [0.15, 0.2) is 0 Å². The molecule has 0 fully saturated rings. The fraction of sp³-hybridized carbons (Fsp3) is 0. The lowest BCUT2D eigenvalue weighted by molar-refractivity contribution is 0.0689. The molecule has 5 heteroatoms. The molecule has 0 spiro atoms. The minimum Gasteiger partial charge on any atom is -0.477 e. The first-order chi connectivity index (χ1) is 6.20. The molecule has 2 N–H and O–H groups in total. The van der Waals surface area contributed by atoms with E-state index in [1.165, 1.54) is 28.9 Å². The van der Waals surface area contributed by atoms with Crippen molar-refractivity contribution in [1.82, 2.24) is 9.38 Å². The van der Waals surface area contributed by atoms with Crippen molar-refractivity contribution in [3.8, 4) is 0 Å². The maximum absolute atomic E-state index is 11.1. The van der Waals surface area contributed by atoms with Crippen LogP contribution >= 0.6 is 0 Å². The average molecular weight is 178 g/mol. The van der Waals surface area contributed by atoms with Crippen LogP contribution in [0.3, 0.4) is 0 Å². The average Bonchev–Trinajstić information content (AvgIpc) is 2.48. The summed E-state index contributed by atoms with van der Waals surface area (Å²) < 4.78 is 1.33. The highest BCUT2D eigenvalue weighted by atomic mass is 16.4. The van der Waals surface area contributed by atoms with E-state index in [1.807, 2.05) is 0 Å². The molecule has 66 valence electrons. The maximum atomic E-state index is 11.1. The Labute approximate surface area is 72.3 Å². The molecule has 0 atom stereocenters. The SMILES string of the molecule is O=C(O)c1ccc2c(=O)[nH]ccn12. The molecule has 2 heterocycles. The van der Waals surface area contributed by atoms with Gasteiger partial charge in [0, 0.05) is 12.4 Å². The van der Waals surface area contributed by atoms with Crippen LogP contribution in [0.1, 0.15) is 10.5 Å². The Kier molecular flexibility index (Phi) is 1.45. The Morgan fingerprint density at radius 3 is 2.92 bits per heavy atom. The molecule has 0 aliphatic rings. The number of carboxylic acid groups (broad SMARTS) is 1. The van der Waals surface area contributed by atoms with Gasteiger partial charge in [-0.15, -0.1) is 0 Å². The minimum atomic E-state index is -1.05. The predicted octanol–water partition coefficient (Wildman–Crippen LogP) is 0.326. The van der Waals surface area contributed by atoms with E-state index in [-0.39, 0.29) is 11.3 Å². The van der Waals surface area contributed by atoms with E-state index in [2.05, 4.69) is 4.98 Å². The number of hydrogen-bond acceptors (Lipinski definition) is 2. The Hall–Kier alpha value is -2.04. The van der Waals surface area contributed by atoms with Crippen LogP contribution in [0.5, 0.6) is 0 Å². The van der Waals surface area contributed by atoms with Gasteiger partial charge in [0.1, 0.15) is 11.2 Å². The molecule has 2 aromatic heterocycles. The summed E-state index contributed by atoms with van der Waals surface area (Å²) in [6, 6.07) is 2.87. The second kappa shape index (κ2) is 2.48. The summed E-state index contributed by atoms with van der Waals surface area (Å²) in [6.45, 7) is 0. The fourth-order valence-corrected chi connectivity index (χ4v) is 1.23. The molecular weight excluding hydrogens is 172 g/mol. The van der Waals surface area contributed by atoms with Gasteiger partial charge >= 0.3 is 5.97 Å². The molecular formula is C8H6N2O3. The van der Waals surface area contributed by atoms with Crippen molar-refractivity contribution in [3.63, 3.8) is 0 Å². The molecule has 5 nitrogen and oxygen atoms in total. The zero-order valence-electron chi connectivity index (χ0n) is 6.52. The van der Waals surface area contributed by atoms with Crippen LogP contribution in [0.2, 0.25) is 0 Å². The van der Waals surface area contributed by atoms with E-state index in [4.69, 9.17) is 5.11 Å². The van der Waals surface area contributed by atoms with E-state index < -0.39 is 5.97 Å². The van der Waals surface area contributed by atoms with Crippen molar-refractivity contribution in [2.75, 3.05) is 0 Å². The molecule has 0 radical (unpaired) electrons. The second-order valence-corrected chi connectivity index (χ2v) is 2.57. The third kappa shape index (κ3) is 1.01. The van der Waals surface area contributed by atoms with Gasteiger partial charge < -0.3 is 14.5 Å². The number of rotatable bonds is 1.